The first-order valence-corrected chi connectivity index (χ1v) is 8.16. The summed E-state index contributed by atoms with van der Waals surface area (Å²) in [7, 11) is 0. The number of alkyl halides is 2. The molecule has 0 atom stereocenters. The topological polar surface area (TPSA) is 51.1 Å². The van der Waals surface area contributed by atoms with Crippen molar-refractivity contribution in [2.24, 2.45) is 5.16 Å². The largest absolute Gasteiger partial charge is 0.435 e. The Morgan fingerprint density at radius 1 is 1.15 bits per heavy atom. The predicted molar refractivity (Wildman–Crippen MR) is 92.2 cm³/mol. The first kappa shape index (κ1) is 17.8. The fourth-order valence-corrected chi connectivity index (χ4v) is 2.73. The van der Waals surface area contributed by atoms with Gasteiger partial charge in [-0.3, -0.25) is 4.79 Å². The van der Waals surface area contributed by atoms with Gasteiger partial charge < -0.3 is 14.5 Å². The molecule has 2 aromatic carbocycles. The Morgan fingerprint density at radius 3 is 2.62 bits per heavy atom. The second kappa shape index (κ2) is 8.42. The molecule has 0 N–H and O–H groups in total. The predicted octanol–water partition coefficient (Wildman–Crippen LogP) is 3.22. The van der Waals surface area contributed by atoms with Crippen molar-refractivity contribution in [3.8, 4) is 5.75 Å². The maximum Gasteiger partial charge on any atom is 0.387 e. The van der Waals surface area contributed by atoms with Crippen LogP contribution < -0.4 is 4.74 Å². The first-order valence-electron chi connectivity index (χ1n) is 8.16. The lowest BCUT2D eigenvalue weighted by Gasteiger charge is -2.28. The van der Waals surface area contributed by atoms with E-state index in [1.165, 1.54) is 23.9 Å². The van der Waals surface area contributed by atoms with Crippen LogP contribution in [0.5, 0.6) is 5.75 Å². The molecule has 26 heavy (non-hydrogen) atoms. The number of halogens is 2. The zero-order chi connectivity index (χ0) is 18.4. The van der Waals surface area contributed by atoms with E-state index in [2.05, 4.69) is 16.0 Å². The molecule has 1 amide bonds. The van der Waals surface area contributed by atoms with Gasteiger partial charge in [-0.1, -0.05) is 29.4 Å². The summed E-state index contributed by atoms with van der Waals surface area (Å²) in [5.74, 6) is -0.0593. The van der Waals surface area contributed by atoms with E-state index in [1.54, 1.807) is 17.0 Å². The van der Waals surface area contributed by atoms with Gasteiger partial charge in [-0.2, -0.15) is 8.78 Å². The number of nitrogens with zero attached hydrogens (tertiary/aromatic N) is 2. The third-order valence-electron chi connectivity index (χ3n) is 4.05. The minimum absolute atomic E-state index is 0.0682. The molecule has 5 nitrogen and oxygen atoms in total. The van der Waals surface area contributed by atoms with Crippen LogP contribution in [0.1, 0.15) is 16.7 Å². The number of carbonyl (C=O) groups is 1. The van der Waals surface area contributed by atoms with Crippen LogP contribution in [0.4, 0.5) is 8.78 Å². The monoisotopic (exact) mass is 360 g/mol. The van der Waals surface area contributed by atoms with Gasteiger partial charge in [-0.15, -0.1) is 0 Å². The van der Waals surface area contributed by atoms with E-state index < -0.39 is 6.61 Å². The SMILES string of the molecule is O=C(CO/N=C\c1ccc(OC(F)F)cc1)N1CCc2ccccc2C1. The normalized spacial score (nSPS) is 13.7. The first-order chi connectivity index (χ1) is 12.6. The minimum Gasteiger partial charge on any atom is -0.435 e. The van der Waals surface area contributed by atoms with E-state index in [4.69, 9.17) is 4.84 Å². The zero-order valence-corrected chi connectivity index (χ0v) is 14.0. The van der Waals surface area contributed by atoms with Crippen LogP contribution in [0.2, 0.25) is 0 Å². The average Bonchev–Trinajstić information content (AvgIpc) is 2.65. The lowest BCUT2D eigenvalue weighted by Crippen LogP contribution is -2.37. The van der Waals surface area contributed by atoms with Crippen LogP contribution in [0, 0.1) is 0 Å². The highest BCUT2D eigenvalue weighted by atomic mass is 19.3. The van der Waals surface area contributed by atoms with E-state index in [-0.39, 0.29) is 18.3 Å². The van der Waals surface area contributed by atoms with Gasteiger partial charge in [-0.05, 0) is 47.4 Å². The molecule has 0 bridgehead atoms. The summed E-state index contributed by atoms with van der Waals surface area (Å²) in [6.45, 7) is -1.77. The fraction of sp³-hybridized carbons (Fsp3) is 0.263. The molecular weight excluding hydrogens is 342 g/mol. The van der Waals surface area contributed by atoms with Gasteiger partial charge in [0.1, 0.15) is 5.75 Å². The third kappa shape index (κ3) is 4.78. The number of hydrogen-bond acceptors (Lipinski definition) is 4. The fourth-order valence-electron chi connectivity index (χ4n) is 2.73. The highest BCUT2D eigenvalue weighted by molar-refractivity contribution is 5.80. The number of rotatable bonds is 6. The number of hydrogen-bond donors (Lipinski definition) is 0. The number of oxime groups is 1. The second-order valence-corrected chi connectivity index (χ2v) is 5.79. The number of ether oxygens (including phenoxy) is 1. The summed E-state index contributed by atoms with van der Waals surface area (Å²) in [5.41, 5.74) is 3.07. The number of benzene rings is 2. The molecule has 0 saturated heterocycles. The number of amides is 1. The Labute approximate surface area is 149 Å². The van der Waals surface area contributed by atoms with Gasteiger partial charge in [0.05, 0.1) is 6.21 Å². The Balaban J connectivity index is 1.46. The van der Waals surface area contributed by atoms with Gasteiger partial charge in [0.25, 0.3) is 5.91 Å². The van der Waals surface area contributed by atoms with Crippen LogP contribution in [-0.4, -0.2) is 36.8 Å². The van der Waals surface area contributed by atoms with E-state index in [9.17, 15) is 13.6 Å². The van der Waals surface area contributed by atoms with Crippen LogP contribution in [0.3, 0.4) is 0 Å². The third-order valence-corrected chi connectivity index (χ3v) is 4.05. The maximum atomic E-state index is 12.2. The van der Waals surface area contributed by atoms with Crippen molar-refractivity contribution in [3.63, 3.8) is 0 Å². The Kier molecular flexibility index (Phi) is 5.78. The molecule has 1 aliphatic rings. The van der Waals surface area contributed by atoms with Gasteiger partial charge in [0, 0.05) is 13.1 Å². The molecule has 7 heteroatoms. The lowest BCUT2D eigenvalue weighted by molar-refractivity contribution is -0.137. The zero-order valence-electron chi connectivity index (χ0n) is 14.0. The molecule has 1 aliphatic heterocycles. The molecular formula is C19H18F2N2O3. The molecule has 0 fully saturated rings. The summed E-state index contributed by atoms with van der Waals surface area (Å²) in [5, 5.41) is 3.75. The summed E-state index contributed by atoms with van der Waals surface area (Å²) in [6.07, 6.45) is 2.24. The van der Waals surface area contributed by atoms with Crippen LogP contribution in [-0.2, 0) is 22.6 Å². The number of fused-ring (bicyclic) bond motifs is 1. The second-order valence-electron chi connectivity index (χ2n) is 5.79. The van der Waals surface area contributed by atoms with Crippen molar-refractivity contribution >= 4 is 12.1 Å². The maximum absolute atomic E-state index is 12.2. The van der Waals surface area contributed by atoms with Gasteiger partial charge >= 0.3 is 6.61 Å². The van der Waals surface area contributed by atoms with Crippen molar-refractivity contribution in [3.05, 3.63) is 65.2 Å². The molecule has 0 saturated carbocycles. The molecule has 0 radical (unpaired) electrons. The Bertz CT molecular complexity index is 779. The molecule has 1 heterocycles. The Hall–Kier alpha value is -2.96. The van der Waals surface area contributed by atoms with Crippen LogP contribution in [0.25, 0.3) is 0 Å². The Morgan fingerprint density at radius 2 is 1.88 bits per heavy atom. The molecule has 136 valence electrons. The van der Waals surface area contributed by atoms with Crippen molar-refractivity contribution < 1.29 is 23.1 Å². The van der Waals surface area contributed by atoms with Gasteiger partial charge in [0.15, 0.2) is 6.61 Å². The van der Waals surface area contributed by atoms with Crippen molar-refractivity contribution in [2.45, 2.75) is 19.6 Å². The van der Waals surface area contributed by atoms with E-state index >= 15 is 0 Å². The molecule has 3 rings (SSSR count). The van der Waals surface area contributed by atoms with E-state index in [1.807, 2.05) is 18.2 Å². The minimum atomic E-state index is -2.86. The highest BCUT2D eigenvalue weighted by Gasteiger charge is 2.20. The van der Waals surface area contributed by atoms with Gasteiger partial charge in [0.2, 0.25) is 0 Å². The van der Waals surface area contributed by atoms with Crippen LogP contribution in [0.15, 0.2) is 53.7 Å². The summed E-state index contributed by atoms with van der Waals surface area (Å²) in [6, 6.07) is 14.0. The highest BCUT2D eigenvalue weighted by Crippen LogP contribution is 2.18. The molecule has 0 spiro atoms. The van der Waals surface area contributed by atoms with Gasteiger partial charge in [-0.25, -0.2) is 0 Å². The van der Waals surface area contributed by atoms with Crippen molar-refractivity contribution in [2.75, 3.05) is 13.2 Å². The van der Waals surface area contributed by atoms with E-state index in [0.717, 1.165) is 12.0 Å². The lowest BCUT2D eigenvalue weighted by atomic mass is 10.00. The van der Waals surface area contributed by atoms with Crippen molar-refractivity contribution in [1.29, 1.82) is 0 Å². The van der Waals surface area contributed by atoms with E-state index in [0.29, 0.717) is 18.7 Å². The molecule has 2 aromatic rings. The molecule has 0 unspecified atom stereocenters. The molecule has 0 aliphatic carbocycles. The van der Waals surface area contributed by atoms with Crippen molar-refractivity contribution in [1.82, 2.24) is 4.90 Å². The quantitative estimate of drug-likeness (QED) is 0.587. The summed E-state index contributed by atoms with van der Waals surface area (Å²) >= 11 is 0. The smallest absolute Gasteiger partial charge is 0.387 e. The average molecular weight is 360 g/mol. The molecule has 0 aromatic heterocycles. The number of carbonyl (C=O) groups excluding carboxylic acids is 1. The summed E-state index contributed by atoms with van der Waals surface area (Å²) < 4.78 is 28.4. The standard InChI is InChI=1S/C19H18F2N2O3/c20-19(21)26-17-7-5-14(6-8-17)11-22-25-13-18(24)23-10-9-15-3-1-2-4-16(15)12-23/h1-8,11,19H,9-10,12-13H2/b22-11-. The van der Waals surface area contributed by atoms with Crippen LogP contribution >= 0.6 is 0 Å². The summed E-state index contributed by atoms with van der Waals surface area (Å²) in [4.78, 5) is 19.0.